The second-order valence-corrected chi connectivity index (χ2v) is 9.82. The molecule has 2 aromatic rings. The van der Waals surface area contributed by atoms with Gasteiger partial charge in [-0.1, -0.05) is 26.0 Å². The van der Waals surface area contributed by atoms with Gasteiger partial charge in [0.2, 0.25) is 0 Å². The second-order valence-electron chi connectivity index (χ2n) is 8.97. The van der Waals surface area contributed by atoms with E-state index in [-0.39, 0.29) is 11.6 Å². The standard InChI is InChI=1S/C24H33F2N3OS/c1-16(2)20-15-28(19-9-7-17(3)21(13-19)31-6)11-12-29(20)22-10-8-18(14-27-22)23(4,30)24(5,25)26/h7-10,13-14,16,20,30H,11-12,15H2,1-6H3. The Balaban J connectivity index is 1.82. The molecular formula is C24H33F2N3OS. The minimum atomic E-state index is -3.26. The van der Waals surface area contributed by atoms with Crippen molar-refractivity contribution in [1.82, 2.24) is 4.98 Å². The quantitative estimate of drug-likeness (QED) is 0.604. The number of halogens is 2. The number of hydrogen-bond acceptors (Lipinski definition) is 5. The summed E-state index contributed by atoms with van der Waals surface area (Å²) in [5.74, 6) is -2.12. The number of benzene rings is 1. The molecule has 1 aliphatic heterocycles. The molecule has 1 aromatic carbocycles. The van der Waals surface area contributed by atoms with E-state index in [2.05, 4.69) is 60.0 Å². The van der Waals surface area contributed by atoms with Crippen molar-refractivity contribution in [3.63, 3.8) is 0 Å². The maximum absolute atomic E-state index is 13.8. The average Bonchev–Trinajstić information content (AvgIpc) is 2.73. The van der Waals surface area contributed by atoms with Gasteiger partial charge in [-0.25, -0.2) is 13.8 Å². The van der Waals surface area contributed by atoms with Crippen LogP contribution in [0.5, 0.6) is 0 Å². The number of rotatable bonds is 6. The molecule has 1 aliphatic rings. The fraction of sp³-hybridized carbons (Fsp3) is 0.542. The van der Waals surface area contributed by atoms with Gasteiger partial charge in [0, 0.05) is 48.9 Å². The van der Waals surface area contributed by atoms with E-state index in [1.54, 1.807) is 23.9 Å². The molecule has 1 saturated heterocycles. The molecule has 1 N–H and O–H groups in total. The Morgan fingerprint density at radius 3 is 2.42 bits per heavy atom. The zero-order valence-electron chi connectivity index (χ0n) is 19.2. The van der Waals surface area contributed by atoms with E-state index in [4.69, 9.17) is 0 Å². The van der Waals surface area contributed by atoms with E-state index in [1.165, 1.54) is 22.3 Å². The summed E-state index contributed by atoms with van der Waals surface area (Å²) < 4.78 is 27.6. The summed E-state index contributed by atoms with van der Waals surface area (Å²) in [5, 5.41) is 10.3. The number of pyridine rings is 1. The molecule has 0 spiro atoms. The molecule has 2 atom stereocenters. The van der Waals surface area contributed by atoms with Crippen LogP contribution >= 0.6 is 11.8 Å². The molecule has 0 saturated carbocycles. The normalized spacial score (nSPS) is 19.6. The van der Waals surface area contributed by atoms with Crippen molar-refractivity contribution in [1.29, 1.82) is 0 Å². The number of piperazine rings is 1. The van der Waals surface area contributed by atoms with Crippen molar-refractivity contribution in [3.8, 4) is 0 Å². The van der Waals surface area contributed by atoms with Crippen LogP contribution in [0.4, 0.5) is 20.3 Å². The molecule has 0 bridgehead atoms. The van der Waals surface area contributed by atoms with Gasteiger partial charge in [0.05, 0.1) is 6.04 Å². The Morgan fingerprint density at radius 1 is 1.16 bits per heavy atom. The van der Waals surface area contributed by atoms with Crippen LogP contribution in [0.25, 0.3) is 0 Å². The number of thioether (sulfide) groups is 1. The van der Waals surface area contributed by atoms with E-state index in [1.807, 2.05) is 0 Å². The highest BCUT2D eigenvalue weighted by molar-refractivity contribution is 7.98. The summed E-state index contributed by atoms with van der Waals surface area (Å²) in [6.07, 6.45) is 3.48. The van der Waals surface area contributed by atoms with Crippen molar-refractivity contribution in [2.45, 2.75) is 57.1 Å². The van der Waals surface area contributed by atoms with Crippen LogP contribution in [-0.2, 0) is 5.60 Å². The van der Waals surface area contributed by atoms with Crippen molar-refractivity contribution in [3.05, 3.63) is 47.7 Å². The molecule has 0 radical (unpaired) electrons. The first-order valence-corrected chi connectivity index (χ1v) is 11.9. The van der Waals surface area contributed by atoms with Crippen LogP contribution in [0.15, 0.2) is 41.4 Å². The summed E-state index contributed by atoms with van der Waals surface area (Å²) >= 11 is 1.76. The second kappa shape index (κ2) is 8.94. The zero-order chi connectivity index (χ0) is 23.0. The summed E-state index contributed by atoms with van der Waals surface area (Å²) in [7, 11) is 0. The van der Waals surface area contributed by atoms with Crippen LogP contribution in [-0.4, -0.2) is 47.9 Å². The third kappa shape index (κ3) is 4.82. The highest BCUT2D eigenvalue weighted by Crippen LogP contribution is 2.37. The van der Waals surface area contributed by atoms with E-state index >= 15 is 0 Å². The molecule has 31 heavy (non-hydrogen) atoms. The van der Waals surface area contributed by atoms with Crippen LogP contribution in [0.3, 0.4) is 0 Å². The molecule has 170 valence electrons. The molecule has 4 nitrogen and oxygen atoms in total. The summed E-state index contributed by atoms with van der Waals surface area (Å²) in [6, 6.07) is 10.2. The Kier molecular flexibility index (Phi) is 6.87. The van der Waals surface area contributed by atoms with Gasteiger partial charge in [0.1, 0.15) is 5.82 Å². The summed E-state index contributed by atoms with van der Waals surface area (Å²) in [6.45, 7) is 10.9. The fourth-order valence-electron chi connectivity index (χ4n) is 4.00. The SMILES string of the molecule is CSc1cc(N2CCN(c3ccc(C(C)(O)C(C)(F)F)cn3)C(C(C)C)C2)ccc1C. The molecule has 0 aliphatic carbocycles. The van der Waals surface area contributed by atoms with Gasteiger partial charge in [-0.2, -0.15) is 0 Å². The predicted octanol–water partition coefficient (Wildman–Crippen LogP) is 5.33. The molecule has 0 amide bonds. The number of aryl methyl sites for hydroxylation is 1. The van der Waals surface area contributed by atoms with Gasteiger partial charge in [-0.3, -0.25) is 0 Å². The molecular weight excluding hydrogens is 416 g/mol. The van der Waals surface area contributed by atoms with Crippen molar-refractivity contribution >= 4 is 23.3 Å². The Bertz CT molecular complexity index is 897. The van der Waals surface area contributed by atoms with Crippen LogP contribution < -0.4 is 9.80 Å². The van der Waals surface area contributed by atoms with Crippen molar-refractivity contribution in [2.75, 3.05) is 35.7 Å². The van der Waals surface area contributed by atoms with Gasteiger partial charge in [-0.05, 0) is 49.8 Å². The lowest BCUT2D eigenvalue weighted by atomic mass is 9.91. The Labute approximate surface area is 188 Å². The van der Waals surface area contributed by atoms with E-state index < -0.39 is 11.5 Å². The molecule has 3 rings (SSSR count). The van der Waals surface area contributed by atoms with Gasteiger partial charge in [0.15, 0.2) is 5.60 Å². The molecule has 1 fully saturated rings. The zero-order valence-corrected chi connectivity index (χ0v) is 20.0. The minimum Gasteiger partial charge on any atom is -0.379 e. The van der Waals surface area contributed by atoms with Crippen LogP contribution in [0.2, 0.25) is 0 Å². The monoisotopic (exact) mass is 449 g/mol. The van der Waals surface area contributed by atoms with Crippen molar-refractivity contribution in [2.24, 2.45) is 5.92 Å². The van der Waals surface area contributed by atoms with E-state index in [0.717, 1.165) is 39.3 Å². The molecule has 2 unspecified atom stereocenters. The van der Waals surface area contributed by atoms with Crippen LogP contribution in [0, 0.1) is 12.8 Å². The number of anilines is 2. The number of aromatic nitrogens is 1. The molecule has 2 heterocycles. The Hall–Kier alpha value is -1.86. The third-order valence-corrected chi connectivity index (χ3v) is 7.28. The number of aliphatic hydroxyl groups is 1. The number of hydrogen-bond donors (Lipinski definition) is 1. The van der Waals surface area contributed by atoms with E-state index in [0.29, 0.717) is 5.92 Å². The molecule has 7 heteroatoms. The first-order valence-electron chi connectivity index (χ1n) is 10.7. The van der Waals surface area contributed by atoms with Gasteiger partial charge in [0.25, 0.3) is 5.92 Å². The predicted molar refractivity (Wildman–Crippen MR) is 126 cm³/mol. The van der Waals surface area contributed by atoms with E-state index in [9.17, 15) is 13.9 Å². The van der Waals surface area contributed by atoms with Gasteiger partial charge in [-0.15, -0.1) is 11.8 Å². The maximum atomic E-state index is 13.8. The average molecular weight is 450 g/mol. The third-order valence-electron chi connectivity index (χ3n) is 6.40. The minimum absolute atomic E-state index is 0.118. The van der Waals surface area contributed by atoms with Gasteiger partial charge < -0.3 is 14.9 Å². The smallest absolute Gasteiger partial charge is 0.277 e. The topological polar surface area (TPSA) is 39.6 Å². The van der Waals surface area contributed by atoms with Gasteiger partial charge >= 0.3 is 0 Å². The summed E-state index contributed by atoms with van der Waals surface area (Å²) in [5.41, 5.74) is 0.375. The summed E-state index contributed by atoms with van der Waals surface area (Å²) in [4.78, 5) is 10.4. The lowest BCUT2D eigenvalue weighted by Gasteiger charge is -2.45. The molecule has 1 aromatic heterocycles. The first-order chi connectivity index (χ1) is 14.5. The first kappa shape index (κ1) is 23.8. The van der Waals surface area contributed by atoms with Crippen LogP contribution in [0.1, 0.15) is 38.8 Å². The highest BCUT2D eigenvalue weighted by Gasteiger charge is 2.46. The lowest BCUT2D eigenvalue weighted by molar-refractivity contribution is -0.165. The maximum Gasteiger partial charge on any atom is 0.277 e. The highest BCUT2D eigenvalue weighted by atomic mass is 32.2. The van der Waals surface area contributed by atoms with Crippen molar-refractivity contribution < 1.29 is 13.9 Å². The Morgan fingerprint density at radius 2 is 1.87 bits per heavy atom. The fourth-order valence-corrected chi connectivity index (χ4v) is 4.63. The number of nitrogens with zero attached hydrogens (tertiary/aromatic N) is 3. The number of alkyl halides is 2. The largest absolute Gasteiger partial charge is 0.379 e. The lowest BCUT2D eigenvalue weighted by Crippen LogP contribution is -2.56.